The number of hydrogen-bond acceptors (Lipinski definition) is 10. The average molecular weight is 597 g/mol. The molecule has 0 spiro atoms. The van der Waals surface area contributed by atoms with Gasteiger partial charge in [-0.25, -0.2) is 9.97 Å². The van der Waals surface area contributed by atoms with Gasteiger partial charge in [0, 0.05) is 42.7 Å². The number of aromatic hydroxyl groups is 1. The van der Waals surface area contributed by atoms with E-state index < -0.39 is 21.1 Å². The number of hydrogen-bond donors (Lipinski definition) is 7. The lowest BCUT2D eigenvalue weighted by molar-refractivity contribution is 0.168. The van der Waals surface area contributed by atoms with E-state index >= 15 is 0 Å². The Morgan fingerprint density at radius 1 is 1.10 bits per heavy atom. The third kappa shape index (κ3) is 6.27. The first-order chi connectivity index (χ1) is 19.7. The normalized spacial score (nSPS) is 13.3. The predicted octanol–water partition coefficient (Wildman–Crippen LogP) is 3.20. The summed E-state index contributed by atoms with van der Waals surface area (Å²) in [5, 5.41) is 23.7. The molecule has 7 N–H and O–H groups in total. The maximum absolute atomic E-state index is 11.8. The molecule has 3 aromatic heterocycles. The van der Waals surface area contributed by atoms with Gasteiger partial charge in [-0.05, 0) is 48.4 Å². The van der Waals surface area contributed by atoms with Crippen molar-refractivity contribution in [3.63, 3.8) is 0 Å². The van der Waals surface area contributed by atoms with Crippen molar-refractivity contribution in [2.45, 2.75) is 24.5 Å². The van der Waals surface area contributed by atoms with Crippen LogP contribution in [0, 0.1) is 0 Å². The minimum atomic E-state index is -5.12. The van der Waals surface area contributed by atoms with Crippen molar-refractivity contribution in [2.24, 2.45) is 0 Å². The number of anilines is 3. The number of H-pyrrole nitrogens is 1. The summed E-state index contributed by atoms with van der Waals surface area (Å²) in [5.41, 5.74) is 3.24. The van der Waals surface area contributed by atoms with Gasteiger partial charge in [0.15, 0.2) is 17.0 Å². The van der Waals surface area contributed by atoms with Crippen LogP contribution in [0.4, 0.5) is 17.5 Å². The van der Waals surface area contributed by atoms with Crippen LogP contribution in [0.1, 0.15) is 16.8 Å². The molecule has 41 heavy (non-hydrogen) atoms. The Kier molecular flexibility index (Phi) is 8.11. The summed E-state index contributed by atoms with van der Waals surface area (Å²) in [6.07, 6.45) is 6.28. The average Bonchev–Trinajstić information content (AvgIpc) is 3.62. The minimum absolute atomic E-state index is 0.185. The van der Waals surface area contributed by atoms with Crippen LogP contribution >= 0.6 is 16.1 Å². The van der Waals surface area contributed by atoms with Crippen molar-refractivity contribution < 1.29 is 29.1 Å². The van der Waals surface area contributed by atoms with E-state index in [0.717, 1.165) is 11.3 Å². The van der Waals surface area contributed by atoms with Crippen molar-refractivity contribution in [1.82, 2.24) is 29.5 Å². The number of rotatable bonds is 12. The van der Waals surface area contributed by atoms with E-state index in [0.29, 0.717) is 54.5 Å². The van der Waals surface area contributed by atoms with Crippen molar-refractivity contribution in [3.8, 4) is 5.75 Å². The Morgan fingerprint density at radius 3 is 2.59 bits per heavy atom. The van der Waals surface area contributed by atoms with Gasteiger partial charge in [0.2, 0.25) is 5.95 Å². The smallest absolute Gasteiger partial charge is 0.412 e. The molecule has 2 unspecified atom stereocenters. The molecule has 0 fully saturated rings. The molecule has 0 aliphatic rings. The molecule has 0 saturated heterocycles. The summed E-state index contributed by atoms with van der Waals surface area (Å²) in [4.78, 5) is 39.9. The molecule has 5 rings (SSSR count). The number of phenolic OH excluding ortho intramolecular Hbond substituents is 1. The number of phenols is 1. The highest BCUT2D eigenvalue weighted by Crippen LogP contribution is 2.61. The van der Waals surface area contributed by atoms with Crippen LogP contribution in [0.25, 0.3) is 11.2 Å². The zero-order valence-corrected chi connectivity index (χ0v) is 23.4. The molecule has 3 heterocycles. The molecule has 0 aliphatic carbocycles. The second kappa shape index (κ2) is 11.7. The molecule has 0 saturated carbocycles. The largest absolute Gasteiger partial charge is 0.508 e. The van der Waals surface area contributed by atoms with Crippen LogP contribution in [-0.2, 0) is 33.6 Å². The summed E-state index contributed by atoms with van der Waals surface area (Å²) in [6.45, 7) is 1.06. The topological polar surface area (TPSA) is 211 Å². The van der Waals surface area contributed by atoms with Crippen molar-refractivity contribution in [2.75, 3.05) is 17.2 Å². The molecule has 2 atom stereocenters. The van der Waals surface area contributed by atoms with Gasteiger partial charge >= 0.3 is 21.1 Å². The quantitative estimate of drug-likeness (QED) is 0.103. The summed E-state index contributed by atoms with van der Waals surface area (Å²) < 4.78 is 25.1. The first-order valence-electron chi connectivity index (χ1n) is 12.4. The molecule has 14 nitrogen and oxygen atoms in total. The lowest BCUT2D eigenvalue weighted by Crippen LogP contribution is -2.18. The zero-order chi connectivity index (χ0) is 29.0. The van der Waals surface area contributed by atoms with Gasteiger partial charge < -0.3 is 40.2 Å². The molecule has 5 aromatic rings. The van der Waals surface area contributed by atoms with E-state index in [2.05, 4.69) is 35.6 Å². The molecule has 212 valence electrons. The second-order valence-corrected chi connectivity index (χ2v) is 12.3. The maximum Gasteiger partial charge on any atom is 0.412 e. The number of aromatic nitrogens is 6. The lowest BCUT2D eigenvalue weighted by Gasteiger charge is -2.16. The number of aryl methyl sites for hydroxylation is 2. The Morgan fingerprint density at radius 2 is 1.90 bits per heavy atom. The van der Waals surface area contributed by atoms with Crippen LogP contribution in [-0.4, -0.2) is 56.0 Å². The molecular formula is C25H27N8O6P2+. The Hall–Kier alpha value is -4.19. The van der Waals surface area contributed by atoms with Crippen molar-refractivity contribution in [1.29, 1.82) is 0 Å². The van der Waals surface area contributed by atoms with Gasteiger partial charge in [-0.1, -0.05) is 16.7 Å². The fourth-order valence-corrected chi connectivity index (χ4v) is 5.42. The highest BCUT2D eigenvalue weighted by Gasteiger charge is 2.56. The molecule has 0 bridgehead atoms. The van der Waals surface area contributed by atoms with Gasteiger partial charge in [-0.3, -0.25) is 4.57 Å². The first-order valence-corrected chi connectivity index (χ1v) is 14.9. The SMILES string of the molecule is O=[PH+]C(O)(c1ccc(Nc2nc(NCCc3cnc[nH]3)nc3c2ncn3CCc2cccc(O)c2)cc1)P(=O)(O)O. The van der Waals surface area contributed by atoms with Gasteiger partial charge in [0.05, 0.1) is 12.7 Å². The maximum atomic E-state index is 11.8. The summed E-state index contributed by atoms with van der Waals surface area (Å²) >= 11 is 0. The highest BCUT2D eigenvalue weighted by molar-refractivity contribution is 7.62. The highest BCUT2D eigenvalue weighted by atomic mass is 31.2. The minimum Gasteiger partial charge on any atom is -0.508 e. The third-order valence-corrected chi connectivity index (χ3v) is 9.18. The van der Waals surface area contributed by atoms with E-state index in [4.69, 9.17) is 0 Å². The third-order valence-electron chi connectivity index (χ3n) is 6.36. The molecule has 0 radical (unpaired) electrons. The standard InChI is InChI=1S/C25H26N8O6P2/c34-20-3-1-2-16(12-20)9-11-33-15-29-21-22(31-24(32-23(21)33)27-10-8-19-13-26-14-28-19)30-18-6-4-17(5-7-18)25(35,40-36)41(37,38)39/h1-7,12-15,34-35H,8-11H2,(H,26,28)(H2,37,38,39)(H2,27,30,31,32)/p+1. The number of nitrogens with zero attached hydrogens (tertiary/aromatic N) is 5. The number of benzene rings is 2. The van der Waals surface area contributed by atoms with E-state index in [-0.39, 0.29) is 11.3 Å². The number of aromatic amines is 1. The fourth-order valence-electron chi connectivity index (χ4n) is 4.18. The molecule has 16 heteroatoms. The van der Waals surface area contributed by atoms with E-state index in [9.17, 15) is 29.1 Å². The molecule has 0 aliphatic heterocycles. The number of imidazole rings is 2. The van der Waals surface area contributed by atoms with Crippen LogP contribution in [0.15, 0.2) is 67.4 Å². The monoisotopic (exact) mass is 597 g/mol. The Bertz CT molecular complexity index is 1710. The van der Waals surface area contributed by atoms with E-state index in [1.165, 1.54) is 24.3 Å². The zero-order valence-electron chi connectivity index (χ0n) is 21.5. The number of fused-ring (bicyclic) bond motifs is 1. The lowest BCUT2D eigenvalue weighted by atomic mass is 10.1. The second-order valence-electron chi connectivity index (χ2n) is 9.20. The first kappa shape index (κ1) is 28.3. The van der Waals surface area contributed by atoms with E-state index in [1.807, 2.05) is 10.6 Å². The molecular weight excluding hydrogens is 570 g/mol. The van der Waals surface area contributed by atoms with Crippen molar-refractivity contribution >= 4 is 44.7 Å². The van der Waals surface area contributed by atoms with E-state index in [1.54, 1.807) is 37.1 Å². The summed E-state index contributed by atoms with van der Waals surface area (Å²) in [7, 11) is -6.79. The molecule has 2 aromatic carbocycles. The van der Waals surface area contributed by atoms with Gasteiger partial charge in [0.25, 0.3) is 0 Å². The number of aliphatic hydroxyl groups is 1. The summed E-state index contributed by atoms with van der Waals surface area (Å²) in [6, 6.07) is 12.5. The predicted molar refractivity (Wildman–Crippen MR) is 153 cm³/mol. The molecule has 0 amide bonds. The van der Waals surface area contributed by atoms with Crippen molar-refractivity contribution in [3.05, 3.63) is 84.2 Å². The van der Waals surface area contributed by atoms with Gasteiger partial charge in [-0.2, -0.15) is 9.97 Å². The van der Waals surface area contributed by atoms with Crippen LogP contribution in [0.3, 0.4) is 0 Å². The Balaban J connectivity index is 1.43. The van der Waals surface area contributed by atoms with Crippen LogP contribution < -0.4 is 10.6 Å². The fraction of sp³-hybridized carbons (Fsp3) is 0.200. The summed E-state index contributed by atoms with van der Waals surface area (Å²) in [5.74, 6) is 0.911. The Labute approximate surface area is 234 Å². The van der Waals surface area contributed by atoms with Crippen LogP contribution in [0.5, 0.6) is 5.75 Å². The van der Waals surface area contributed by atoms with Crippen LogP contribution in [0.2, 0.25) is 0 Å². The van der Waals surface area contributed by atoms with Gasteiger partial charge in [0.1, 0.15) is 5.75 Å². The number of nitrogens with one attached hydrogen (secondary N) is 3. The van der Waals surface area contributed by atoms with Gasteiger partial charge in [-0.15, -0.1) is 0 Å².